The van der Waals surface area contributed by atoms with E-state index in [9.17, 15) is 9.59 Å². The van der Waals surface area contributed by atoms with E-state index in [0.717, 1.165) is 19.3 Å². The molecule has 1 fully saturated rings. The maximum atomic E-state index is 11.4. The summed E-state index contributed by atoms with van der Waals surface area (Å²) in [7, 11) is 0. The van der Waals surface area contributed by atoms with Crippen LogP contribution in [0.4, 0.5) is 0 Å². The lowest BCUT2D eigenvalue weighted by atomic mass is 10.2. The number of allylic oxidation sites excluding steroid dienone is 1. The summed E-state index contributed by atoms with van der Waals surface area (Å²) in [6, 6.07) is 0. The summed E-state index contributed by atoms with van der Waals surface area (Å²) in [6.07, 6.45) is 6.17. The summed E-state index contributed by atoms with van der Waals surface area (Å²) < 4.78 is 0. The molecular weight excluding hydrogens is 182 g/mol. The van der Waals surface area contributed by atoms with Gasteiger partial charge in [0.05, 0.1) is 6.54 Å². The lowest BCUT2D eigenvalue weighted by Crippen LogP contribution is -2.32. The highest BCUT2D eigenvalue weighted by atomic mass is 16.7. The van der Waals surface area contributed by atoms with Gasteiger partial charge in [-0.2, -0.15) is 5.06 Å². The molecule has 14 heavy (non-hydrogen) atoms. The predicted molar refractivity (Wildman–Crippen MR) is 51.1 cm³/mol. The predicted octanol–water partition coefficient (Wildman–Crippen LogP) is 1.42. The summed E-state index contributed by atoms with van der Waals surface area (Å²) >= 11 is 0. The van der Waals surface area contributed by atoms with E-state index in [4.69, 9.17) is 4.84 Å². The van der Waals surface area contributed by atoms with Gasteiger partial charge in [0.15, 0.2) is 0 Å². The Kier molecular flexibility index (Phi) is 4.16. The van der Waals surface area contributed by atoms with Gasteiger partial charge in [-0.05, 0) is 19.8 Å². The normalized spacial score (nSPS) is 18.4. The van der Waals surface area contributed by atoms with E-state index in [2.05, 4.69) is 0 Å². The molecule has 0 aliphatic carbocycles. The van der Waals surface area contributed by atoms with Crippen molar-refractivity contribution in [1.29, 1.82) is 0 Å². The molecule has 0 unspecified atom stereocenters. The SMILES string of the molecule is CC=CC(=O)ON1CCCCCC1=O. The fourth-order valence-corrected chi connectivity index (χ4v) is 1.33. The molecule has 0 aromatic heterocycles. The first-order valence-corrected chi connectivity index (χ1v) is 4.89. The Morgan fingerprint density at radius 2 is 2.21 bits per heavy atom. The van der Waals surface area contributed by atoms with Gasteiger partial charge < -0.3 is 4.84 Å². The molecule has 0 aromatic rings. The van der Waals surface area contributed by atoms with Crippen LogP contribution in [0.2, 0.25) is 0 Å². The maximum Gasteiger partial charge on any atom is 0.355 e. The quantitative estimate of drug-likeness (QED) is 0.629. The van der Waals surface area contributed by atoms with Crippen molar-refractivity contribution in [3.05, 3.63) is 12.2 Å². The van der Waals surface area contributed by atoms with Gasteiger partial charge in [0.1, 0.15) is 0 Å². The first-order chi connectivity index (χ1) is 6.74. The Hall–Kier alpha value is -1.32. The van der Waals surface area contributed by atoms with Crippen molar-refractivity contribution in [1.82, 2.24) is 5.06 Å². The van der Waals surface area contributed by atoms with Crippen molar-refractivity contribution in [2.75, 3.05) is 6.54 Å². The second-order valence-corrected chi connectivity index (χ2v) is 3.22. The molecule has 4 heteroatoms. The van der Waals surface area contributed by atoms with Gasteiger partial charge in [-0.25, -0.2) is 4.79 Å². The van der Waals surface area contributed by atoms with Crippen molar-refractivity contribution >= 4 is 11.9 Å². The van der Waals surface area contributed by atoms with Crippen LogP contribution < -0.4 is 0 Å². The highest BCUT2D eigenvalue weighted by Crippen LogP contribution is 2.11. The average Bonchev–Trinajstić information content (AvgIpc) is 2.33. The number of nitrogens with zero attached hydrogens (tertiary/aromatic N) is 1. The molecule has 0 aromatic carbocycles. The van der Waals surface area contributed by atoms with Crippen LogP contribution in [0.5, 0.6) is 0 Å². The van der Waals surface area contributed by atoms with E-state index in [0.29, 0.717) is 13.0 Å². The molecule has 1 aliphatic heterocycles. The molecule has 0 bridgehead atoms. The minimum atomic E-state index is -0.484. The first-order valence-electron chi connectivity index (χ1n) is 4.89. The van der Waals surface area contributed by atoms with E-state index >= 15 is 0 Å². The fraction of sp³-hybridized carbons (Fsp3) is 0.600. The zero-order valence-electron chi connectivity index (χ0n) is 8.36. The average molecular weight is 197 g/mol. The summed E-state index contributed by atoms with van der Waals surface area (Å²) in [6.45, 7) is 2.24. The maximum absolute atomic E-state index is 11.4. The van der Waals surface area contributed by atoms with Crippen molar-refractivity contribution in [2.24, 2.45) is 0 Å². The highest BCUT2D eigenvalue weighted by Gasteiger charge is 2.19. The van der Waals surface area contributed by atoms with E-state index in [1.54, 1.807) is 13.0 Å². The van der Waals surface area contributed by atoms with E-state index < -0.39 is 5.97 Å². The lowest BCUT2D eigenvalue weighted by Gasteiger charge is -2.17. The van der Waals surface area contributed by atoms with Gasteiger partial charge >= 0.3 is 5.97 Å². The summed E-state index contributed by atoms with van der Waals surface area (Å²) in [5.74, 6) is -0.580. The Morgan fingerprint density at radius 1 is 1.43 bits per heavy atom. The van der Waals surface area contributed by atoms with Crippen LogP contribution in [0.25, 0.3) is 0 Å². The Balaban J connectivity index is 2.48. The molecule has 4 nitrogen and oxygen atoms in total. The van der Waals surface area contributed by atoms with Gasteiger partial charge in [0.2, 0.25) is 0 Å². The third-order valence-electron chi connectivity index (χ3n) is 2.03. The first kappa shape index (κ1) is 10.8. The Morgan fingerprint density at radius 3 is 2.93 bits per heavy atom. The molecule has 1 heterocycles. The minimum absolute atomic E-state index is 0.0969. The van der Waals surface area contributed by atoms with Crippen molar-refractivity contribution < 1.29 is 14.4 Å². The number of hydrogen-bond donors (Lipinski definition) is 0. The number of rotatable bonds is 2. The Labute approximate surface area is 83.5 Å². The Bertz CT molecular complexity index is 248. The third kappa shape index (κ3) is 3.20. The summed E-state index contributed by atoms with van der Waals surface area (Å²) in [4.78, 5) is 27.3. The van der Waals surface area contributed by atoms with E-state index in [-0.39, 0.29) is 5.91 Å². The lowest BCUT2D eigenvalue weighted by molar-refractivity contribution is -0.193. The molecule has 1 aliphatic rings. The van der Waals surface area contributed by atoms with Crippen LogP contribution in [0.3, 0.4) is 0 Å². The monoisotopic (exact) mass is 197 g/mol. The van der Waals surface area contributed by atoms with Gasteiger partial charge in [-0.1, -0.05) is 12.5 Å². The molecule has 78 valence electrons. The zero-order valence-corrected chi connectivity index (χ0v) is 8.36. The smallest absolute Gasteiger partial charge is 0.333 e. The largest absolute Gasteiger partial charge is 0.355 e. The van der Waals surface area contributed by atoms with Crippen molar-refractivity contribution in [2.45, 2.75) is 32.6 Å². The minimum Gasteiger partial charge on any atom is -0.333 e. The second kappa shape index (κ2) is 5.42. The summed E-state index contributed by atoms with van der Waals surface area (Å²) in [5.41, 5.74) is 0. The van der Waals surface area contributed by atoms with Crippen LogP contribution in [-0.4, -0.2) is 23.5 Å². The molecule has 0 radical (unpaired) electrons. The number of amides is 1. The van der Waals surface area contributed by atoms with Crippen molar-refractivity contribution in [3.63, 3.8) is 0 Å². The highest BCUT2D eigenvalue weighted by molar-refractivity contribution is 5.84. The van der Waals surface area contributed by atoms with Crippen LogP contribution in [-0.2, 0) is 14.4 Å². The molecular formula is C10H15NO3. The van der Waals surface area contributed by atoms with Gasteiger partial charge in [0, 0.05) is 12.5 Å². The zero-order chi connectivity index (χ0) is 10.4. The van der Waals surface area contributed by atoms with Crippen molar-refractivity contribution in [3.8, 4) is 0 Å². The van der Waals surface area contributed by atoms with E-state index in [1.807, 2.05) is 0 Å². The number of hydroxylamine groups is 2. The molecule has 0 N–H and O–H groups in total. The summed E-state index contributed by atoms with van der Waals surface area (Å²) in [5, 5.41) is 1.18. The van der Waals surface area contributed by atoms with Crippen LogP contribution in [0, 0.1) is 0 Å². The number of hydrogen-bond acceptors (Lipinski definition) is 3. The van der Waals surface area contributed by atoms with Gasteiger partial charge in [-0.3, -0.25) is 4.79 Å². The van der Waals surface area contributed by atoms with Crippen LogP contribution in [0.1, 0.15) is 32.6 Å². The second-order valence-electron chi connectivity index (χ2n) is 3.22. The van der Waals surface area contributed by atoms with Crippen LogP contribution >= 0.6 is 0 Å². The molecule has 1 amide bonds. The van der Waals surface area contributed by atoms with Crippen LogP contribution in [0.15, 0.2) is 12.2 Å². The molecule has 0 spiro atoms. The molecule has 0 saturated carbocycles. The van der Waals surface area contributed by atoms with E-state index in [1.165, 1.54) is 11.1 Å². The number of carbonyl (C=O) groups is 2. The fourth-order valence-electron chi connectivity index (χ4n) is 1.33. The van der Waals surface area contributed by atoms with Gasteiger partial charge in [0.25, 0.3) is 5.91 Å². The topological polar surface area (TPSA) is 46.6 Å². The standard InChI is InChI=1S/C10H15NO3/c1-2-6-10(13)14-11-8-5-3-4-7-9(11)12/h2,6H,3-5,7-8H2,1H3. The van der Waals surface area contributed by atoms with Gasteiger partial charge in [-0.15, -0.1) is 0 Å². The number of carbonyl (C=O) groups excluding carboxylic acids is 2. The third-order valence-corrected chi connectivity index (χ3v) is 2.03. The molecule has 0 atom stereocenters. The molecule has 1 rings (SSSR count). The molecule has 1 saturated heterocycles.